The summed E-state index contributed by atoms with van der Waals surface area (Å²) in [5, 5.41) is 0.353. The third-order valence-electron chi connectivity index (χ3n) is 5.73. The zero-order valence-electron chi connectivity index (χ0n) is 19.3. The van der Waals surface area contributed by atoms with Crippen LogP contribution in [0.3, 0.4) is 0 Å². The first-order valence-electron chi connectivity index (χ1n) is 11.1. The van der Waals surface area contributed by atoms with Crippen LogP contribution in [-0.2, 0) is 29.2 Å². The Kier molecular flexibility index (Phi) is 7.86. The van der Waals surface area contributed by atoms with Gasteiger partial charge in [-0.3, -0.25) is 14.6 Å². The average Bonchev–Trinajstić information content (AvgIpc) is 3.27. The summed E-state index contributed by atoms with van der Waals surface area (Å²) in [6.45, 7) is 3.57. The van der Waals surface area contributed by atoms with Crippen LogP contribution in [-0.4, -0.2) is 84.0 Å². The largest absolute Gasteiger partial charge is 0.379 e. The van der Waals surface area contributed by atoms with Crippen molar-refractivity contribution in [2.75, 3.05) is 56.3 Å². The number of hydrogen-bond donors (Lipinski definition) is 0. The van der Waals surface area contributed by atoms with E-state index in [0.717, 1.165) is 19.3 Å². The maximum atomic E-state index is 13.3. The molecule has 0 unspecified atom stereocenters. The molecule has 188 valence electrons. The summed E-state index contributed by atoms with van der Waals surface area (Å²) in [6.07, 6.45) is 0.909. The van der Waals surface area contributed by atoms with E-state index in [0.29, 0.717) is 41.7 Å². The molecule has 0 atom stereocenters. The van der Waals surface area contributed by atoms with E-state index in [1.165, 1.54) is 34.4 Å². The number of para-hydroxylation sites is 1. The number of carbonyl (C=O) groups excluding carboxylic acids is 1. The fraction of sp³-hybridized carbons (Fsp3) is 0.391. The van der Waals surface area contributed by atoms with E-state index >= 15 is 0 Å². The number of hydrogen-bond acceptors (Lipinski definition) is 9. The van der Waals surface area contributed by atoms with Crippen LogP contribution >= 0.6 is 11.3 Å². The van der Waals surface area contributed by atoms with Crippen molar-refractivity contribution in [3.05, 3.63) is 48.5 Å². The van der Waals surface area contributed by atoms with Crippen LogP contribution in [0.5, 0.6) is 0 Å². The van der Waals surface area contributed by atoms with Gasteiger partial charge in [-0.05, 0) is 24.3 Å². The third kappa shape index (κ3) is 6.25. The van der Waals surface area contributed by atoms with Gasteiger partial charge in [-0.25, -0.2) is 21.8 Å². The molecule has 35 heavy (non-hydrogen) atoms. The molecule has 4 rings (SSSR count). The van der Waals surface area contributed by atoms with E-state index in [1.54, 1.807) is 30.3 Å². The molecular weight excluding hydrogens is 510 g/mol. The smallest absolute Gasteiger partial charge is 0.229 e. The second-order valence-electron chi connectivity index (χ2n) is 8.25. The topological polar surface area (TPSA) is 114 Å². The SMILES string of the molecule is CS(=O)(=O)c1cccc2sc(N(CCN3CCOCC3)C(=O)CCS(=O)(=O)c3ccccc3)nc12. The van der Waals surface area contributed by atoms with Crippen molar-refractivity contribution < 1.29 is 26.4 Å². The molecule has 1 fully saturated rings. The Morgan fingerprint density at radius 3 is 2.46 bits per heavy atom. The molecule has 1 aliphatic rings. The van der Waals surface area contributed by atoms with E-state index in [2.05, 4.69) is 9.88 Å². The van der Waals surface area contributed by atoms with Crippen LogP contribution in [0.2, 0.25) is 0 Å². The average molecular weight is 538 g/mol. The van der Waals surface area contributed by atoms with Crippen LogP contribution in [0, 0.1) is 0 Å². The van der Waals surface area contributed by atoms with E-state index in [4.69, 9.17) is 4.74 Å². The number of anilines is 1. The molecule has 12 heteroatoms. The normalized spacial score (nSPS) is 15.3. The highest BCUT2D eigenvalue weighted by molar-refractivity contribution is 7.91. The highest BCUT2D eigenvalue weighted by Gasteiger charge is 2.25. The predicted octanol–water partition coefficient (Wildman–Crippen LogP) is 2.23. The Morgan fingerprint density at radius 1 is 1.06 bits per heavy atom. The lowest BCUT2D eigenvalue weighted by atomic mass is 10.3. The molecule has 1 amide bonds. The maximum Gasteiger partial charge on any atom is 0.229 e. The van der Waals surface area contributed by atoms with Gasteiger partial charge in [0, 0.05) is 38.9 Å². The standard InChI is InChI=1S/C23H27N3O6S3/c1-34(28,29)20-9-5-8-19-22(20)24-23(33-19)26(12-11-25-13-15-32-16-14-25)21(27)10-17-35(30,31)18-6-3-2-4-7-18/h2-9H,10-17H2,1H3. The molecule has 0 radical (unpaired) electrons. The molecule has 1 aromatic heterocycles. The zero-order chi connectivity index (χ0) is 25.1. The number of sulfone groups is 2. The summed E-state index contributed by atoms with van der Waals surface area (Å²) in [5.74, 6) is -0.707. The first-order valence-corrected chi connectivity index (χ1v) is 15.5. The summed E-state index contributed by atoms with van der Waals surface area (Å²) in [5.41, 5.74) is 0.316. The zero-order valence-corrected chi connectivity index (χ0v) is 21.7. The first kappa shape index (κ1) is 25.7. The van der Waals surface area contributed by atoms with Crippen LogP contribution in [0.1, 0.15) is 6.42 Å². The fourth-order valence-corrected chi connectivity index (χ4v) is 7.01. The second-order valence-corrected chi connectivity index (χ2v) is 13.4. The lowest BCUT2D eigenvalue weighted by Gasteiger charge is -2.29. The third-order valence-corrected chi connectivity index (χ3v) is 9.64. The first-order chi connectivity index (χ1) is 16.6. The van der Waals surface area contributed by atoms with E-state index in [9.17, 15) is 21.6 Å². The van der Waals surface area contributed by atoms with Gasteiger partial charge in [-0.1, -0.05) is 35.6 Å². The Hall–Kier alpha value is -2.38. The molecule has 0 saturated carbocycles. The van der Waals surface area contributed by atoms with Crippen molar-refractivity contribution in [1.29, 1.82) is 0 Å². The monoisotopic (exact) mass is 537 g/mol. The van der Waals surface area contributed by atoms with Crippen molar-refractivity contribution >= 4 is 52.3 Å². The molecule has 2 heterocycles. The summed E-state index contributed by atoms with van der Waals surface area (Å²) >= 11 is 1.22. The van der Waals surface area contributed by atoms with Gasteiger partial charge in [0.1, 0.15) is 5.52 Å². The van der Waals surface area contributed by atoms with E-state index in [-0.39, 0.29) is 27.9 Å². The minimum atomic E-state index is -3.63. The number of aromatic nitrogens is 1. The lowest BCUT2D eigenvalue weighted by Crippen LogP contribution is -2.43. The molecule has 0 bridgehead atoms. The minimum absolute atomic E-state index is 0.102. The molecule has 9 nitrogen and oxygen atoms in total. The van der Waals surface area contributed by atoms with Gasteiger partial charge in [0.05, 0.1) is 33.5 Å². The van der Waals surface area contributed by atoms with Gasteiger partial charge >= 0.3 is 0 Å². The van der Waals surface area contributed by atoms with Crippen LogP contribution in [0.15, 0.2) is 58.3 Å². The predicted molar refractivity (Wildman–Crippen MR) is 135 cm³/mol. The van der Waals surface area contributed by atoms with Crippen molar-refractivity contribution in [3.63, 3.8) is 0 Å². The number of thiazole rings is 1. The van der Waals surface area contributed by atoms with Crippen LogP contribution in [0.25, 0.3) is 10.2 Å². The second kappa shape index (κ2) is 10.7. The molecule has 0 spiro atoms. The fourth-order valence-electron chi connectivity index (χ4n) is 3.82. The minimum Gasteiger partial charge on any atom is -0.379 e. The van der Waals surface area contributed by atoms with Crippen LogP contribution in [0.4, 0.5) is 5.13 Å². The summed E-state index contributed by atoms with van der Waals surface area (Å²) in [7, 11) is -7.14. The number of morpholine rings is 1. The number of rotatable bonds is 9. The maximum absolute atomic E-state index is 13.3. The van der Waals surface area contributed by atoms with Crippen molar-refractivity contribution in [1.82, 2.24) is 9.88 Å². The summed E-state index contributed by atoms with van der Waals surface area (Å²) in [6, 6.07) is 12.9. The number of ether oxygens (including phenoxy) is 1. The highest BCUT2D eigenvalue weighted by Crippen LogP contribution is 2.33. The lowest BCUT2D eigenvalue weighted by molar-refractivity contribution is -0.118. The van der Waals surface area contributed by atoms with Crippen molar-refractivity contribution in [2.24, 2.45) is 0 Å². The van der Waals surface area contributed by atoms with Gasteiger partial charge in [0.15, 0.2) is 24.8 Å². The number of amides is 1. The number of benzene rings is 2. The van der Waals surface area contributed by atoms with Gasteiger partial charge in [-0.15, -0.1) is 0 Å². The van der Waals surface area contributed by atoms with Gasteiger partial charge in [0.25, 0.3) is 0 Å². The van der Waals surface area contributed by atoms with Gasteiger partial charge in [-0.2, -0.15) is 0 Å². The summed E-state index contributed by atoms with van der Waals surface area (Å²) in [4.78, 5) is 21.8. The summed E-state index contributed by atoms with van der Waals surface area (Å²) < 4.78 is 56.0. The van der Waals surface area contributed by atoms with E-state index < -0.39 is 19.7 Å². The Morgan fingerprint density at radius 2 is 1.77 bits per heavy atom. The van der Waals surface area contributed by atoms with Crippen molar-refractivity contribution in [3.8, 4) is 0 Å². The molecule has 0 aliphatic carbocycles. The number of fused-ring (bicyclic) bond motifs is 1. The van der Waals surface area contributed by atoms with Crippen molar-refractivity contribution in [2.45, 2.75) is 16.2 Å². The molecular formula is C23H27N3O6S3. The molecule has 2 aromatic carbocycles. The van der Waals surface area contributed by atoms with Gasteiger partial charge in [0.2, 0.25) is 5.91 Å². The van der Waals surface area contributed by atoms with Crippen LogP contribution < -0.4 is 4.90 Å². The molecule has 1 aliphatic heterocycles. The number of nitrogens with zero attached hydrogens (tertiary/aromatic N) is 3. The quantitative estimate of drug-likeness (QED) is 0.408. The Balaban J connectivity index is 1.60. The molecule has 0 N–H and O–H groups in total. The van der Waals surface area contributed by atoms with E-state index in [1.807, 2.05) is 0 Å². The Bertz CT molecular complexity index is 1400. The van der Waals surface area contributed by atoms with Gasteiger partial charge < -0.3 is 4.74 Å². The Labute approximate surface area is 209 Å². The number of carbonyl (C=O) groups is 1. The molecule has 1 saturated heterocycles. The highest BCUT2D eigenvalue weighted by atomic mass is 32.2. The molecule has 3 aromatic rings.